The van der Waals surface area contributed by atoms with Crippen LogP contribution in [0.3, 0.4) is 0 Å². The second-order valence-corrected chi connectivity index (χ2v) is 17.2. The molecule has 7 heteroatoms. The largest absolute Gasteiger partial charge is 0.394 e. The average Bonchev–Trinajstić information content (AvgIpc) is 3.18. The Morgan fingerprint density at radius 3 is 2.44 bits per heavy atom. The van der Waals surface area contributed by atoms with Gasteiger partial charge >= 0.3 is 0 Å². The molecule has 0 aromatic carbocycles. The zero-order valence-corrected chi connectivity index (χ0v) is 28.2. The Kier molecular flexibility index (Phi) is 8.93. The number of allylic oxidation sites excluding steroid dienone is 1. The van der Waals surface area contributed by atoms with Crippen LogP contribution in [0.15, 0.2) is 11.6 Å². The van der Waals surface area contributed by atoms with E-state index < -0.39 is 35.6 Å². The maximum atomic E-state index is 14.6. The molecule has 0 amide bonds. The summed E-state index contributed by atoms with van der Waals surface area (Å²) >= 11 is 0. The highest BCUT2D eigenvalue weighted by Crippen LogP contribution is 2.74. The summed E-state index contributed by atoms with van der Waals surface area (Å²) in [5.74, 6) is 2.02. The van der Waals surface area contributed by atoms with Gasteiger partial charge in [-0.2, -0.15) is 0 Å². The van der Waals surface area contributed by atoms with E-state index in [2.05, 4.69) is 52.9 Å². The predicted molar refractivity (Wildman–Crippen MR) is 168 cm³/mol. The summed E-state index contributed by atoms with van der Waals surface area (Å²) in [6.45, 7) is 17.7. The summed E-state index contributed by atoms with van der Waals surface area (Å²) in [4.78, 5) is 14.6. The highest BCUT2D eigenvalue weighted by atomic mass is 16.5. The summed E-state index contributed by atoms with van der Waals surface area (Å²) in [6.07, 6.45) is 8.07. The maximum Gasteiger partial charge on any atom is 0.140 e. The Labute approximate surface area is 260 Å². The van der Waals surface area contributed by atoms with Gasteiger partial charge < -0.3 is 25.2 Å². The van der Waals surface area contributed by atoms with Crippen LogP contribution in [0.5, 0.6) is 0 Å². The van der Waals surface area contributed by atoms with Gasteiger partial charge in [0.25, 0.3) is 0 Å². The monoisotopic (exact) mass is 603 g/mol. The molecule has 0 aromatic heterocycles. The van der Waals surface area contributed by atoms with Crippen LogP contribution in [-0.4, -0.2) is 69.0 Å². The highest BCUT2D eigenvalue weighted by molar-refractivity contribution is 5.88. The fourth-order valence-corrected chi connectivity index (χ4v) is 11.2. The quantitative estimate of drug-likeness (QED) is 0.244. The number of hydrogen-bond acceptors (Lipinski definition) is 7. The fourth-order valence-electron chi connectivity index (χ4n) is 11.2. The lowest BCUT2D eigenvalue weighted by molar-refractivity contribution is -0.193. The molecule has 1 saturated heterocycles. The lowest BCUT2D eigenvalue weighted by Gasteiger charge is -2.65. The van der Waals surface area contributed by atoms with Gasteiger partial charge in [-0.3, -0.25) is 10.1 Å². The van der Waals surface area contributed by atoms with Crippen molar-refractivity contribution in [2.45, 2.75) is 156 Å². The Hall–Kier alpha value is -0.830. The van der Waals surface area contributed by atoms with Crippen molar-refractivity contribution in [3.05, 3.63) is 11.6 Å². The van der Waals surface area contributed by atoms with Gasteiger partial charge in [-0.05, 0) is 86.9 Å². The van der Waals surface area contributed by atoms with Crippen LogP contribution >= 0.6 is 0 Å². The van der Waals surface area contributed by atoms with E-state index in [1.807, 2.05) is 13.8 Å². The van der Waals surface area contributed by atoms with Gasteiger partial charge in [0.15, 0.2) is 0 Å². The first kappa shape index (κ1) is 33.5. The third-order valence-electron chi connectivity index (χ3n) is 14.0. The standard InChI is InChI=1S/C36H61NO6/c1-21(10-9-16-32(2,3)42)23-15-17-34(6)27-13-11-24-25(36(27,8)29(40)19-35(23,34)7)12-14-28(33(24,4)5)37-31-30(41)26(39)18-22(20-38)43-31/h11,21-23,25-28,30-31,37-39,41-42H,9-10,12-20H2,1-8H3/t21-,22?,23?,25?,26+,27?,28+,30-,31-,34+,35-,36+/m1/s1. The predicted octanol–water partition coefficient (Wildman–Crippen LogP) is 5.14. The molecule has 246 valence electrons. The van der Waals surface area contributed by atoms with Crippen molar-refractivity contribution in [3.8, 4) is 0 Å². The van der Waals surface area contributed by atoms with Crippen LogP contribution in [-0.2, 0) is 9.53 Å². The molecular weight excluding hydrogens is 542 g/mol. The van der Waals surface area contributed by atoms with Crippen LogP contribution in [0.2, 0.25) is 0 Å². The molecule has 0 radical (unpaired) electrons. The van der Waals surface area contributed by atoms with Crippen molar-refractivity contribution < 1.29 is 30.0 Å². The molecule has 5 N–H and O–H groups in total. The number of ketones is 1. The zero-order valence-electron chi connectivity index (χ0n) is 28.2. The maximum absolute atomic E-state index is 14.6. The zero-order chi connectivity index (χ0) is 31.8. The number of aliphatic hydroxyl groups excluding tert-OH is 3. The first-order chi connectivity index (χ1) is 19.9. The van der Waals surface area contributed by atoms with Gasteiger partial charge in [-0.15, -0.1) is 0 Å². The molecule has 12 atom stereocenters. The lowest BCUT2D eigenvalue weighted by Crippen LogP contribution is -2.65. The molecule has 1 heterocycles. The molecule has 4 aliphatic carbocycles. The average molecular weight is 604 g/mol. The van der Waals surface area contributed by atoms with Gasteiger partial charge in [-0.1, -0.05) is 66.0 Å². The summed E-state index contributed by atoms with van der Waals surface area (Å²) in [5, 5.41) is 44.5. The fraction of sp³-hybridized carbons (Fsp3) is 0.917. The summed E-state index contributed by atoms with van der Waals surface area (Å²) in [7, 11) is 0. The highest BCUT2D eigenvalue weighted by Gasteiger charge is 2.70. The molecule has 5 rings (SSSR count). The summed E-state index contributed by atoms with van der Waals surface area (Å²) in [6, 6.07) is 0.0135. The van der Waals surface area contributed by atoms with Crippen LogP contribution in [0, 0.1) is 45.3 Å². The molecule has 0 spiro atoms. The number of nitrogens with one attached hydrogen (secondary N) is 1. The number of fused-ring (bicyclic) bond motifs is 5. The second kappa shape index (κ2) is 11.5. The third kappa shape index (κ3) is 5.40. The molecule has 3 saturated carbocycles. The van der Waals surface area contributed by atoms with Crippen molar-refractivity contribution in [3.63, 3.8) is 0 Å². The van der Waals surface area contributed by atoms with Crippen molar-refractivity contribution in [1.29, 1.82) is 0 Å². The third-order valence-corrected chi connectivity index (χ3v) is 14.0. The molecule has 1 aliphatic heterocycles. The Morgan fingerprint density at radius 2 is 1.79 bits per heavy atom. The molecule has 0 aromatic rings. The Balaban J connectivity index is 1.37. The second-order valence-electron chi connectivity index (χ2n) is 17.2. The first-order valence-corrected chi connectivity index (χ1v) is 17.2. The Morgan fingerprint density at radius 1 is 1.09 bits per heavy atom. The molecule has 4 unspecified atom stereocenters. The number of rotatable bonds is 8. The molecule has 5 aliphatic rings. The molecular formula is C36H61NO6. The molecule has 43 heavy (non-hydrogen) atoms. The minimum Gasteiger partial charge on any atom is -0.394 e. The van der Waals surface area contributed by atoms with E-state index in [-0.39, 0.29) is 41.2 Å². The van der Waals surface area contributed by atoms with Gasteiger partial charge in [-0.25, -0.2) is 0 Å². The molecule has 4 fully saturated rings. The number of Topliss-reactive ketones (excluding diaryl/α,β-unsaturated/α-hetero) is 1. The lowest BCUT2D eigenvalue weighted by atomic mass is 9.38. The van der Waals surface area contributed by atoms with E-state index >= 15 is 0 Å². The van der Waals surface area contributed by atoms with Crippen molar-refractivity contribution in [1.82, 2.24) is 5.32 Å². The number of ether oxygens (including phenoxy) is 1. The van der Waals surface area contributed by atoms with E-state index in [1.165, 1.54) is 18.4 Å². The number of aliphatic hydroxyl groups is 4. The molecule has 0 bridgehead atoms. The van der Waals surface area contributed by atoms with E-state index in [0.717, 1.165) is 38.5 Å². The van der Waals surface area contributed by atoms with Gasteiger partial charge in [0.1, 0.15) is 18.1 Å². The van der Waals surface area contributed by atoms with E-state index in [4.69, 9.17) is 4.74 Å². The summed E-state index contributed by atoms with van der Waals surface area (Å²) in [5.41, 5.74) is 0.166. The van der Waals surface area contributed by atoms with Crippen LogP contribution in [0.25, 0.3) is 0 Å². The summed E-state index contributed by atoms with van der Waals surface area (Å²) < 4.78 is 5.96. The van der Waals surface area contributed by atoms with E-state index in [1.54, 1.807) is 0 Å². The SMILES string of the molecule is C[C@H](CCCC(C)(C)O)C1CC[C@@]2(C)C3CC=C4C(CC[C@H](N[C@@H]5OC(CO)C[C@H](O)[C@H]5O)C4(C)C)[C@]3(C)C(=O)C[C@]12C. The van der Waals surface area contributed by atoms with Crippen LogP contribution in [0.1, 0.15) is 120 Å². The minimum atomic E-state index is -1.05. The van der Waals surface area contributed by atoms with Crippen molar-refractivity contribution >= 4 is 5.78 Å². The minimum absolute atomic E-state index is 0.0133. The van der Waals surface area contributed by atoms with Gasteiger partial charge in [0.2, 0.25) is 0 Å². The number of carbonyl (C=O) groups excluding carboxylic acids is 1. The number of hydrogen-bond donors (Lipinski definition) is 5. The smallest absolute Gasteiger partial charge is 0.140 e. The van der Waals surface area contributed by atoms with Gasteiger partial charge in [0.05, 0.1) is 24.4 Å². The number of carbonyl (C=O) groups is 1. The normalized spacial score (nSPS) is 46.9. The first-order valence-electron chi connectivity index (χ1n) is 17.2. The Bertz CT molecular complexity index is 1080. The van der Waals surface area contributed by atoms with Crippen molar-refractivity contribution in [2.24, 2.45) is 45.3 Å². The van der Waals surface area contributed by atoms with E-state index in [9.17, 15) is 25.2 Å². The molecule has 7 nitrogen and oxygen atoms in total. The van der Waals surface area contributed by atoms with E-state index in [0.29, 0.717) is 30.0 Å². The van der Waals surface area contributed by atoms with Crippen LogP contribution < -0.4 is 5.32 Å². The topological polar surface area (TPSA) is 119 Å². The van der Waals surface area contributed by atoms with Gasteiger partial charge in [0, 0.05) is 29.7 Å². The van der Waals surface area contributed by atoms with Crippen molar-refractivity contribution in [2.75, 3.05) is 6.61 Å². The van der Waals surface area contributed by atoms with Crippen LogP contribution in [0.4, 0.5) is 0 Å².